The number of imide groups is 2. The number of barbiturate groups is 1. The zero-order chi connectivity index (χ0) is 26.8. The molecule has 4 amide bonds. The van der Waals surface area contributed by atoms with Crippen molar-refractivity contribution in [3.63, 3.8) is 0 Å². The molecule has 0 unspecified atom stereocenters. The van der Waals surface area contributed by atoms with Gasteiger partial charge in [-0.3, -0.25) is 14.9 Å². The lowest BCUT2D eigenvalue weighted by Gasteiger charge is -2.26. The second-order valence-electron chi connectivity index (χ2n) is 8.74. The Hall–Kier alpha value is -4.56. The van der Waals surface area contributed by atoms with Crippen molar-refractivity contribution in [3.8, 4) is 11.5 Å². The Kier molecular flexibility index (Phi) is 6.89. The van der Waals surface area contributed by atoms with Crippen molar-refractivity contribution < 1.29 is 23.9 Å². The van der Waals surface area contributed by atoms with E-state index in [2.05, 4.69) is 5.32 Å². The fraction of sp³-hybridized carbons (Fsp3) is 0.138. The summed E-state index contributed by atoms with van der Waals surface area (Å²) in [5, 5.41) is 3.33. The molecule has 1 fully saturated rings. The Bertz CT molecular complexity index is 1610. The molecule has 2 heterocycles. The number of anilines is 1. The van der Waals surface area contributed by atoms with Crippen LogP contribution in [0.2, 0.25) is 5.02 Å². The van der Waals surface area contributed by atoms with E-state index in [1.807, 2.05) is 66.2 Å². The average Bonchev–Trinajstić information content (AvgIpc) is 3.24. The van der Waals surface area contributed by atoms with Gasteiger partial charge in [0.1, 0.15) is 23.7 Å². The summed E-state index contributed by atoms with van der Waals surface area (Å²) in [6.45, 7) is 2.98. The van der Waals surface area contributed by atoms with Crippen LogP contribution in [-0.2, 0) is 16.1 Å². The highest BCUT2D eigenvalue weighted by molar-refractivity contribution is 6.40. The number of aryl methyl sites for hydroxylation is 1. The molecule has 0 saturated carbocycles. The number of nitrogens with one attached hydrogen (secondary N) is 1. The quantitative estimate of drug-likeness (QED) is 0.257. The summed E-state index contributed by atoms with van der Waals surface area (Å²) in [5.74, 6) is -0.335. The van der Waals surface area contributed by atoms with Crippen LogP contribution in [0.4, 0.5) is 10.5 Å². The first-order valence-electron chi connectivity index (χ1n) is 11.9. The Morgan fingerprint density at radius 3 is 2.58 bits per heavy atom. The lowest BCUT2D eigenvalue weighted by molar-refractivity contribution is -0.122. The zero-order valence-corrected chi connectivity index (χ0v) is 21.5. The number of para-hydroxylation sites is 1. The lowest BCUT2D eigenvalue weighted by Crippen LogP contribution is -2.54. The van der Waals surface area contributed by atoms with Gasteiger partial charge in [0.2, 0.25) is 0 Å². The lowest BCUT2D eigenvalue weighted by atomic mass is 10.1. The van der Waals surface area contributed by atoms with Gasteiger partial charge in [-0.15, -0.1) is 0 Å². The minimum absolute atomic E-state index is 0.171. The highest BCUT2D eigenvalue weighted by atomic mass is 35.5. The van der Waals surface area contributed by atoms with Gasteiger partial charge in [-0.2, -0.15) is 0 Å². The molecule has 1 aliphatic heterocycles. The minimum atomic E-state index is -0.853. The third-order valence-corrected chi connectivity index (χ3v) is 6.50. The van der Waals surface area contributed by atoms with Gasteiger partial charge in [-0.05, 0) is 55.0 Å². The van der Waals surface area contributed by atoms with Crippen LogP contribution in [-0.4, -0.2) is 36.1 Å². The number of urea groups is 1. The number of carbonyl (C=O) groups excluding carboxylic acids is 3. The van der Waals surface area contributed by atoms with Crippen LogP contribution < -0.4 is 19.7 Å². The smallest absolute Gasteiger partial charge is 0.335 e. The predicted octanol–water partition coefficient (Wildman–Crippen LogP) is 5.36. The van der Waals surface area contributed by atoms with E-state index in [0.29, 0.717) is 24.5 Å². The molecule has 1 saturated heterocycles. The van der Waals surface area contributed by atoms with Crippen LogP contribution in [0.1, 0.15) is 11.1 Å². The molecule has 1 aromatic heterocycles. The molecule has 0 bridgehead atoms. The van der Waals surface area contributed by atoms with Gasteiger partial charge in [0.05, 0.1) is 24.4 Å². The first-order chi connectivity index (χ1) is 18.4. The van der Waals surface area contributed by atoms with E-state index in [4.69, 9.17) is 21.1 Å². The Morgan fingerprint density at radius 2 is 1.82 bits per heavy atom. The number of hydrogen-bond acceptors (Lipinski definition) is 5. The molecule has 8 nitrogen and oxygen atoms in total. The van der Waals surface area contributed by atoms with E-state index in [1.165, 1.54) is 25.3 Å². The minimum Gasteiger partial charge on any atom is -0.495 e. The largest absolute Gasteiger partial charge is 0.495 e. The van der Waals surface area contributed by atoms with E-state index in [-0.39, 0.29) is 16.3 Å². The third kappa shape index (κ3) is 4.86. The van der Waals surface area contributed by atoms with E-state index in [0.717, 1.165) is 27.1 Å². The van der Waals surface area contributed by atoms with E-state index in [1.54, 1.807) is 6.07 Å². The summed E-state index contributed by atoms with van der Waals surface area (Å²) in [6.07, 6.45) is 3.37. The summed E-state index contributed by atoms with van der Waals surface area (Å²) in [5.41, 5.74) is 2.74. The topological polar surface area (TPSA) is 89.9 Å². The molecule has 5 rings (SSSR count). The molecular formula is C29H24ClN3O5. The number of rotatable bonds is 7. The normalized spacial score (nSPS) is 14.8. The number of amides is 4. The van der Waals surface area contributed by atoms with Crippen molar-refractivity contribution >= 4 is 52.1 Å². The summed E-state index contributed by atoms with van der Waals surface area (Å²) < 4.78 is 13.1. The van der Waals surface area contributed by atoms with Gasteiger partial charge in [-0.25, -0.2) is 9.69 Å². The molecule has 4 aromatic rings. The standard InChI is InChI=1S/C29H24ClN3O5/c1-18-6-5-7-21(14-18)38-13-12-32-17-19(22-8-3-4-9-25(22)32)15-23-27(34)31-29(36)33(28(23)35)20-10-11-26(37-2)24(30)16-20/h3-11,14-17H,12-13H2,1-2H3,(H,31,34,36)/b23-15-. The number of ether oxygens (including phenoxy) is 2. The van der Waals surface area contributed by atoms with Gasteiger partial charge in [0.15, 0.2) is 0 Å². The second kappa shape index (κ2) is 10.4. The van der Waals surface area contributed by atoms with Crippen molar-refractivity contribution in [2.24, 2.45) is 0 Å². The van der Waals surface area contributed by atoms with Gasteiger partial charge < -0.3 is 14.0 Å². The molecular weight excluding hydrogens is 506 g/mol. The highest BCUT2D eigenvalue weighted by Crippen LogP contribution is 2.31. The summed E-state index contributed by atoms with van der Waals surface area (Å²) >= 11 is 6.21. The molecule has 3 aromatic carbocycles. The van der Waals surface area contributed by atoms with E-state index in [9.17, 15) is 14.4 Å². The van der Waals surface area contributed by atoms with Gasteiger partial charge in [0.25, 0.3) is 11.8 Å². The van der Waals surface area contributed by atoms with Crippen LogP contribution in [0.15, 0.2) is 78.5 Å². The van der Waals surface area contributed by atoms with E-state index < -0.39 is 17.8 Å². The molecule has 1 N–H and O–H groups in total. The highest BCUT2D eigenvalue weighted by Gasteiger charge is 2.37. The maximum Gasteiger partial charge on any atom is 0.335 e. The fourth-order valence-corrected chi connectivity index (χ4v) is 4.64. The molecule has 38 heavy (non-hydrogen) atoms. The number of benzene rings is 3. The van der Waals surface area contributed by atoms with Crippen LogP contribution >= 0.6 is 11.6 Å². The number of fused-ring (bicyclic) bond motifs is 1. The fourth-order valence-electron chi connectivity index (χ4n) is 4.38. The van der Waals surface area contributed by atoms with Crippen LogP contribution in [0.5, 0.6) is 11.5 Å². The SMILES string of the molecule is COc1ccc(N2C(=O)NC(=O)/C(=C/c3cn(CCOc4cccc(C)c4)c4ccccc34)C2=O)cc1Cl. The number of carbonyl (C=O) groups is 3. The molecule has 0 aliphatic carbocycles. The molecule has 1 aliphatic rings. The van der Waals surface area contributed by atoms with Crippen molar-refractivity contribution in [1.82, 2.24) is 9.88 Å². The maximum atomic E-state index is 13.4. The first kappa shape index (κ1) is 25.1. The van der Waals surface area contributed by atoms with Crippen LogP contribution in [0.3, 0.4) is 0 Å². The maximum absolute atomic E-state index is 13.4. The van der Waals surface area contributed by atoms with Crippen molar-refractivity contribution in [3.05, 3.63) is 94.6 Å². The van der Waals surface area contributed by atoms with Crippen molar-refractivity contribution in [1.29, 1.82) is 0 Å². The zero-order valence-electron chi connectivity index (χ0n) is 20.7. The molecule has 192 valence electrons. The van der Waals surface area contributed by atoms with Crippen LogP contribution in [0.25, 0.3) is 17.0 Å². The van der Waals surface area contributed by atoms with Crippen molar-refractivity contribution in [2.75, 3.05) is 18.6 Å². The first-order valence-corrected chi connectivity index (χ1v) is 12.3. The number of nitrogens with zero attached hydrogens (tertiary/aromatic N) is 2. The summed E-state index contributed by atoms with van der Waals surface area (Å²) in [6, 6.07) is 19.2. The third-order valence-electron chi connectivity index (χ3n) is 6.20. The number of methoxy groups -OCH3 is 1. The number of halogens is 1. The summed E-state index contributed by atoms with van der Waals surface area (Å²) in [4.78, 5) is 39.6. The van der Waals surface area contributed by atoms with Gasteiger partial charge >= 0.3 is 6.03 Å². The molecule has 0 atom stereocenters. The Labute approximate surface area is 224 Å². The van der Waals surface area contributed by atoms with E-state index >= 15 is 0 Å². The Morgan fingerprint density at radius 1 is 1.00 bits per heavy atom. The molecule has 0 spiro atoms. The molecule has 0 radical (unpaired) electrons. The average molecular weight is 530 g/mol. The van der Waals surface area contributed by atoms with Crippen LogP contribution in [0, 0.1) is 6.92 Å². The predicted molar refractivity (Wildman–Crippen MR) is 146 cm³/mol. The number of hydrogen-bond donors (Lipinski definition) is 1. The van der Waals surface area contributed by atoms with Crippen molar-refractivity contribution in [2.45, 2.75) is 13.5 Å². The second-order valence-corrected chi connectivity index (χ2v) is 9.14. The Balaban J connectivity index is 1.45. The monoisotopic (exact) mass is 529 g/mol. The van der Waals surface area contributed by atoms with Gasteiger partial charge in [0, 0.05) is 22.7 Å². The summed E-state index contributed by atoms with van der Waals surface area (Å²) in [7, 11) is 1.46. The van der Waals surface area contributed by atoms with Gasteiger partial charge in [-0.1, -0.05) is 41.9 Å². The molecule has 9 heteroatoms. The number of aromatic nitrogens is 1.